The molecule has 1 aliphatic carbocycles. The number of anilines is 1. The van der Waals surface area contributed by atoms with E-state index in [0.29, 0.717) is 18.5 Å². The van der Waals surface area contributed by atoms with Crippen molar-refractivity contribution < 1.29 is 9.59 Å². The molecule has 1 fully saturated rings. The molecule has 90 valence electrons. The summed E-state index contributed by atoms with van der Waals surface area (Å²) in [5, 5.41) is 5.24. The maximum Gasteiger partial charge on any atom is 0.320 e. The largest absolute Gasteiger partial charge is 0.368 e. The van der Waals surface area contributed by atoms with Crippen LogP contribution in [0.3, 0.4) is 0 Å². The Morgan fingerprint density at radius 2 is 2.06 bits per heavy atom. The minimum atomic E-state index is -0.837. The van der Waals surface area contributed by atoms with Crippen LogP contribution >= 0.6 is 15.9 Å². The van der Waals surface area contributed by atoms with Gasteiger partial charge in [0.15, 0.2) is 0 Å². The number of hydrogen-bond acceptors (Lipinski definition) is 2. The van der Waals surface area contributed by atoms with Crippen LogP contribution in [0.4, 0.5) is 10.5 Å². The molecule has 17 heavy (non-hydrogen) atoms. The van der Waals surface area contributed by atoms with Crippen molar-refractivity contribution in [3.63, 3.8) is 0 Å². The van der Waals surface area contributed by atoms with Crippen molar-refractivity contribution in [3.8, 4) is 0 Å². The summed E-state index contributed by atoms with van der Waals surface area (Å²) in [5.41, 5.74) is 5.02. The van der Waals surface area contributed by atoms with Gasteiger partial charge in [-0.2, -0.15) is 0 Å². The Morgan fingerprint density at radius 1 is 1.35 bits per heavy atom. The number of nitrogens with two attached hydrogens (primary N) is 1. The van der Waals surface area contributed by atoms with Crippen LogP contribution in [0.5, 0.6) is 0 Å². The Balaban J connectivity index is 1.96. The van der Waals surface area contributed by atoms with Crippen LogP contribution in [0.1, 0.15) is 12.8 Å². The Labute approximate surface area is 107 Å². The van der Waals surface area contributed by atoms with Gasteiger partial charge in [-0.25, -0.2) is 4.79 Å². The van der Waals surface area contributed by atoms with Crippen LogP contribution < -0.4 is 16.4 Å². The predicted octanol–water partition coefficient (Wildman–Crippen LogP) is 1.59. The first-order valence-corrected chi connectivity index (χ1v) is 5.96. The molecule has 0 atom stereocenters. The lowest BCUT2D eigenvalue weighted by Gasteiger charge is -2.14. The molecule has 0 unspecified atom stereocenters. The molecule has 0 saturated heterocycles. The number of nitrogens with one attached hydrogen (secondary N) is 2. The summed E-state index contributed by atoms with van der Waals surface area (Å²) in [6.45, 7) is 0. The highest BCUT2D eigenvalue weighted by atomic mass is 79.9. The number of urea groups is 1. The number of hydrogen-bond donors (Lipinski definition) is 3. The van der Waals surface area contributed by atoms with Gasteiger partial charge in [0, 0.05) is 10.2 Å². The quantitative estimate of drug-likeness (QED) is 0.791. The van der Waals surface area contributed by atoms with Gasteiger partial charge in [-0.3, -0.25) is 4.79 Å². The molecular weight excluding hydrogens is 286 g/mol. The number of amides is 3. The van der Waals surface area contributed by atoms with Gasteiger partial charge in [0.1, 0.15) is 5.54 Å². The van der Waals surface area contributed by atoms with Crippen molar-refractivity contribution >= 4 is 33.6 Å². The standard InChI is InChI=1S/C11H12BrN3O2/c12-7-2-1-3-8(6-7)14-10(17)15-11(4-5-11)9(13)16/h1-3,6H,4-5H2,(H2,13,16)(H2,14,15,17). The van der Waals surface area contributed by atoms with Crippen LogP contribution in [0.15, 0.2) is 28.7 Å². The lowest BCUT2D eigenvalue weighted by Crippen LogP contribution is -2.48. The highest BCUT2D eigenvalue weighted by molar-refractivity contribution is 9.10. The molecule has 0 bridgehead atoms. The van der Waals surface area contributed by atoms with Crippen LogP contribution in [0.2, 0.25) is 0 Å². The van der Waals surface area contributed by atoms with Gasteiger partial charge in [-0.1, -0.05) is 22.0 Å². The van der Waals surface area contributed by atoms with Crippen molar-refractivity contribution in [2.45, 2.75) is 18.4 Å². The number of carbonyl (C=O) groups is 2. The summed E-state index contributed by atoms with van der Waals surface area (Å²) >= 11 is 3.30. The van der Waals surface area contributed by atoms with Gasteiger partial charge in [-0.15, -0.1) is 0 Å². The summed E-state index contributed by atoms with van der Waals surface area (Å²) in [7, 11) is 0. The first-order chi connectivity index (χ1) is 8.02. The molecule has 1 aromatic carbocycles. The van der Waals surface area contributed by atoms with Gasteiger partial charge < -0.3 is 16.4 Å². The summed E-state index contributed by atoms with van der Waals surface area (Å²) in [5.74, 6) is -0.484. The van der Waals surface area contributed by atoms with Gasteiger partial charge in [0.05, 0.1) is 0 Å². The predicted molar refractivity (Wildman–Crippen MR) is 67.5 cm³/mol. The first kappa shape index (κ1) is 11.9. The van der Waals surface area contributed by atoms with E-state index in [0.717, 1.165) is 4.47 Å². The van der Waals surface area contributed by atoms with E-state index in [9.17, 15) is 9.59 Å². The van der Waals surface area contributed by atoms with Crippen molar-refractivity contribution in [1.82, 2.24) is 5.32 Å². The molecule has 4 N–H and O–H groups in total. The van der Waals surface area contributed by atoms with E-state index in [1.165, 1.54) is 0 Å². The second-order valence-corrected chi connectivity index (χ2v) is 4.95. The lowest BCUT2D eigenvalue weighted by atomic mass is 10.2. The normalized spacial score (nSPS) is 16.1. The van der Waals surface area contributed by atoms with Gasteiger partial charge in [-0.05, 0) is 31.0 Å². The molecule has 0 spiro atoms. The molecule has 5 nitrogen and oxygen atoms in total. The minimum Gasteiger partial charge on any atom is -0.368 e. The zero-order chi connectivity index (χ0) is 12.5. The van der Waals surface area contributed by atoms with Gasteiger partial charge >= 0.3 is 6.03 Å². The third-order valence-corrected chi connectivity index (χ3v) is 3.15. The average molecular weight is 298 g/mol. The number of carbonyl (C=O) groups excluding carboxylic acids is 2. The summed E-state index contributed by atoms with van der Waals surface area (Å²) in [6.07, 6.45) is 1.21. The van der Waals surface area contributed by atoms with Crippen molar-refractivity contribution in [1.29, 1.82) is 0 Å². The first-order valence-electron chi connectivity index (χ1n) is 5.16. The van der Waals surface area contributed by atoms with Crippen LogP contribution in [0, 0.1) is 0 Å². The fraction of sp³-hybridized carbons (Fsp3) is 0.273. The summed E-state index contributed by atoms with van der Waals surface area (Å²) in [6, 6.07) is 6.77. The Kier molecular flexibility index (Phi) is 3.06. The molecule has 3 amide bonds. The number of rotatable bonds is 3. The van der Waals surface area contributed by atoms with E-state index in [4.69, 9.17) is 5.73 Å². The molecule has 0 radical (unpaired) electrons. The molecule has 0 heterocycles. The van der Waals surface area contributed by atoms with Crippen LogP contribution in [-0.4, -0.2) is 17.5 Å². The summed E-state index contributed by atoms with van der Waals surface area (Å²) in [4.78, 5) is 22.7. The average Bonchev–Trinajstić information content (AvgIpc) is 2.98. The van der Waals surface area contributed by atoms with Gasteiger partial charge in [0.25, 0.3) is 0 Å². The van der Waals surface area contributed by atoms with E-state index in [2.05, 4.69) is 26.6 Å². The number of halogens is 1. The van der Waals surface area contributed by atoms with E-state index in [1.54, 1.807) is 18.2 Å². The SMILES string of the molecule is NC(=O)C1(NC(=O)Nc2cccc(Br)c2)CC1. The van der Waals surface area contributed by atoms with Crippen LogP contribution in [0.25, 0.3) is 0 Å². The third-order valence-electron chi connectivity index (χ3n) is 2.66. The zero-order valence-electron chi connectivity index (χ0n) is 9.00. The van der Waals surface area contributed by atoms with Crippen molar-refractivity contribution in [2.24, 2.45) is 5.73 Å². The minimum absolute atomic E-state index is 0.417. The molecule has 1 aromatic rings. The fourth-order valence-corrected chi connectivity index (χ4v) is 1.90. The number of benzene rings is 1. The Morgan fingerprint density at radius 3 is 2.59 bits per heavy atom. The van der Waals surface area contributed by atoms with E-state index in [-0.39, 0.29) is 0 Å². The molecule has 6 heteroatoms. The fourth-order valence-electron chi connectivity index (χ4n) is 1.50. The van der Waals surface area contributed by atoms with Crippen molar-refractivity contribution in [3.05, 3.63) is 28.7 Å². The molecule has 0 aromatic heterocycles. The molecule has 0 aliphatic heterocycles. The van der Waals surface area contributed by atoms with E-state index < -0.39 is 17.5 Å². The number of primary amides is 1. The third kappa shape index (κ3) is 2.76. The second-order valence-electron chi connectivity index (χ2n) is 4.04. The highest BCUT2D eigenvalue weighted by Crippen LogP contribution is 2.34. The van der Waals surface area contributed by atoms with E-state index >= 15 is 0 Å². The molecule has 2 rings (SSSR count). The topological polar surface area (TPSA) is 84.2 Å². The van der Waals surface area contributed by atoms with Crippen LogP contribution in [-0.2, 0) is 4.79 Å². The summed E-state index contributed by atoms with van der Waals surface area (Å²) < 4.78 is 0.867. The zero-order valence-corrected chi connectivity index (χ0v) is 10.6. The molecule has 1 saturated carbocycles. The maximum absolute atomic E-state index is 11.6. The highest BCUT2D eigenvalue weighted by Gasteiger charge is 2.49. The maximum atomic E-state index is 11.6. The Hall–Kier alpha value is -1.56. The Bertz CT molecular complexity index is 472. The monoisotopic (exact) mass is 297 g/mol. The second kappa shape index (κ2) is 4.37. The molecular formula is C11H12BrN3O2. The lowest BCUT2D eigenvalue weighted by molar-refractivity contribution is -0.120. The van der Waals surface area contributed by atoms with Gasteiger partial charge in [0.2, 0.25) is 5.91 Å². The smallest absolute Gasteiger partial charge is 0.320 e. The molecule has 1 aliphatic rings. The van der Waals surface area contributed by atoms with Crippen molar-refractivity contribution in [2.75, 3.05) is 5.32 Å². The van der Waals surface area contributed by atoms with E-state index in [1.807, 2.05) is 6.07 Å².